The highest BCUT2D eigenvalue weighted by Crippen LogP contribution is 2.37. The smallest absolute Gasteiger partial charge is 0.256 e. The first-order valence-corrected chi connectivity index (χ1v) is 8.59. The van der Waals surface area contributed by atoms with Crippen molar-refractivity contribution in [1.29, 1.82) is 0 Å². The summed E-state index contributed by atoms with van der Waals surface area (Å²) in [7, 11) is 0. The van der Waals surface area contributed by atoms with E-state index in [9.17, 15) is 9.90 Å². The molecule has 4 rings (SSSR count). The summed E-state index contributed by atoms with van der Waals surface area (Å²) in [6, 6.07) is -0.227. The molecule has 2 N–H and O–H groups in total. The van der Waals surface area contributed by atoms with Crippen LogP contribution < -0.4 is 5.32 Å². The van der Waals surface area contributed by atoms with Gasteiger partial charge in [0, 0.05) is 24.9 Å². The number of hydrogen-bond acceptors (Lipinski definition) is 5. The van der Waals surface area contributed by atoms with E-state index in [-0.39, 0.29) is 11.9 Å². The Balaban J connectivity index is 1.38. The summed E-state index contributed by atoms with van der Waals surface area (Å²) in [4.78, 5) is 16.6. The average molecular weight is 330 g/mol. The predicted octanol–water partition coefficient (Wildman–Crippen LogP) is 1.71. The highest BCUT2D eigenvalue weighted by molar-refractivity contribution is 5.95. The minimum atomic E-state index is -0.519. The van der Waals surface area contributed by atoms with Crippen LogP contribution in [0.2, 0.25) is 0 Å². The van der Waals surface area contributed by atoms with E-state index in [0.29, 0.717) is 23.8 Å². The second kappa shape index (κ2) is 6.39. The lowest BCUT2D eigenvalue weighted by molar-refractivity contribution is 0.0870. The first kappa shape index (κ1) is 15.4. The molecule has 0 bridgehead atoms. The van der Waals surface area contributed by atoms with Crippen molar-refractivity contribution in [3.63, 3.8) is 0 Å². The SMILES string of the molecule is O=C(N[C@@H]1CC(Cn2ccnc2)C[C@H]1O)c1conc1C1CCC1. The molecule has 2 aromatic heterocycles. The van der Waals surface area contributed by atoms with Gasteiger partial charge in [-0.3, -0.25) is 4.79 Å². The standard InChI is InChI=1S/C17H22N4O3/c22-15-7-11(8-21-5-4-18-10-21)6-14(15)19-17(23)13-9-24-20-16(13)12-2-1-3-12/h4-5,9-12,14-15,22H,1-3,6-8H2,(H,19,23)/t11?,14-,15-/m1/s1. The monoisotopic (exact) mass is 330 g/mol. The number of carbonyl (C=O) groups is 1. The fraction of sp³-hybridized carbons (Fsp3) is 0.588. The van der Waals surface area contributed by atoms with Crippen LogP contribution in [0.3, 0.4) is 0 Å². The van der Waals surface area contributed by atoms with E-state index in [1.54, 1.807) is 12.5 Å². The predicted molar refractivity (Wildman–Crippen MR) is 85.3 cm³/mol. The third-order valence-corrected chi connectivity index (χ3v) is 5.31. The molecule has 2 heterocycles. The lowest BCUT2D eigenvalue weighted by Crippen LogP contribution is -2.40. The summed E-state index contributed by atoms with van der Waals surface area (Å²) >= 11 is 0. The Hall–Kier alpha value is -2.15. The van der Waals surface area contributed by atoms with Crippen LogP contribution in [0.15, 0.2) is 29.5 Å². The number of rotatable bonds is 5. The molecule has 0 saturated heterocycles. The molecule has 7 heteroatoms. The van der Waals surface area contributed by atoms with Crippen molar-refractivity contribution >= 4 is 5.91 Å². The number of imidazole rings is 1. The van der Waals surface area contributed by atoms with Gasteiger partial charge in [0.25, 0.3) is 5.91 Å². The average Bonchev–Trinajstić information content (AvgIpc) is 3.21. The molecule has 2 fully saturated rings. The maximum absolute atomic E-state index is 12.6. The van der Waals surface area contributed by atoms with Crippen LogP contribution in [0, 0.1) is 5.92 Å². The summed E-state index contributed by atoms with van der Waals surface area (Å²) in [5.41, 5.74) is 1.28. The lowest BCUT2D eigenvalue weighted by Gasteiger charge is -2.24. The van der Waals surface area contributed by atoms with E-state index in [0.717, 1.165) is 31.5 Å². The number of aromatic nitrogens is 3. The second-order valence-electron chi connectivity index (χ2n) is 6.99. The zero-order chi connectivity index (χ0) is 16.5. The van der Waals surface area contributed by atoms with Crippen molar-refractivity contribution in [1.82, 2.24) is 20.0 Å². The lowest BCUT2D eigenvalue weighted by atomic mass is 9.81. The Labute approximate surface area is 140 Å². The van der Waals surface area contributed by atoms with E-state index in [4.69, 9.17) is 4.52 Å². The molecule has 2 aromatic rings. The van der Waals surface area contributed by atoms with Gasteiger partial charge in [-0.15, -0.1) is 0 Å². The van der Waals surface area contributed by atoms with E-state index < -0.39 is 6.10 Å². The highest BCUT2D eigenvalue weighted by Gasteiger charge is 2.35. The maximum Gasteiger partial charge on any atom is 0.256 e. The summed E-state index contributed by atoms with van der Waals surface area (Å²) < 4.78 is 7.03. The molecule has 1 amide bonds. The van der Waals surface area contributed by atoms with Crippen LogP contribution in [0.1, 0.15) is 54.1 Å². The van der Waals surface area contributed by atoms with Gasteiger partial charge >= 0.3 is 0 Å². The van der Waals surface area contributed by atoms with Crippen molar-refractivity contribution in [2.24, 2.45) is 5.92 Å². The van der Waals surface area contributed by atoms with Gasteiger partial charge < -0.3 is 19.5 Å². The van der Waals surface area contributed by atoms with Gasteiger partial charge in [0.15, 0.2) is 0 Å². The molecular weight excluding hydrogens is 308 g/mol. The summed E-state index contributed by atoms with van der Waals surface area (Å²) in [6.07, 6.45) is 11.1. The summed E-state index contributed by atoms with van der Waals surface area (Å²) in [5, 5.41) is 17.3. The Morgan fingerprint density at radius 3 is 3.00 bits per heavy atom. The number of carbonyl (C=O) groups excluding carboxylic acids is 1. The normalized spacial score (nSPS) is 27.1. The third-order valence-electron chi connectivity index (χ3n) is 5.31. The van der Waals surface area contributed by atoms with Crippen LogP contribution >= 0.6 is 0 Å². The highest BCUT2D eigenvalue weighted by atomic mass is 16.5. The summed E-state index contributed by atoms with van der Waals surface area (Å²) in [5.74, 6) is 0.477. The largest absolute Gasteiger partial charge is 0.391 e. The first-order chi connectivity index (χ1) is 11.7. The molecule has 2 aliphatic carbocycles. The topological polar surface area (TPSA) is 93.2 Å². The second-order valence-corrected chi connectivity index (χ2v) is 6.99. The summed E-state index contributed by atoms with van der Waals surface area (Å²) in [6.45, 7) is 0.810. The van der Waals surface area contributed by atoms with Gasteiger partial charge in [0.1, 0.15) is 11.8 Å². The number of nitrogens with one attached hydrogen (secondary N) is 1. The molecule has 24 heavy (non-hydrogen) atoms. The van der Waals surface area contributed by atoms with Crippen LogP contribution in [0.4, 0.5) is 0 Å². The van der Waals surface area contributed by atoms with E-state index in [1.807, 2.05) is 10.8 Å². The van der Waals surface area contributed by atoms with Gasteiger partial charge in [-0.1, -0.05) is 11.6 Å². The molecule has 0 spiro atoms. The molecule has 7 nitrogen and oxygen atoms in total. The molecule has 0 aliphatic heterocycles. The zero-order valence-corrected chi connectivity index (χ0v) is 13.5. The molecule has 0 aromatic carbocycles. The fourth-order valence-corrected chi connectivity index (χ4v) is 3.75. The van der Waals surface area contributed by atoms with Crippen LogP contribution in [-0.4, -0.2) is 37.9 Å². The van der Waals surface area contributed by atoms with Crippen molar-refractivity contribution in [3.8, 4) is 0 Å². The van der Waals surface area contributed by atoms with E-state index in [1.165, 1.54) is 12.7 Å². The Morgan fingerprint density at radius 2 is 2.29 bits per heavy atom. The number of amides is 1. The zero-order valence-electron chi connectivity index (χ0n) is 13.5. The van der Waals surface area contributed by atoms with Crippen LogP contribution in [0.5, 0.6) is 0 Å². The van der Waals surface area contributed by atoms with E-state index >= 15 is 0 Å². The first-order valence-electron chi connectivity index (χ1n) is 8.59. The van der Waals surface area contributed by atoms with E-state index in [2.05, 4.69) is 15.5 Å². The van der Waals surface area contributed by atoms with Crippen molar-refractivity contribution in [2.45, 2.75) is 56.7 Å². The molecule has 3 atom stereocenters. The number of nitrogens with zero attached hydrogens (tertiary/aromatic N) is 3. The van der Waals surface area contributed by atoms with Gasteiger partial charge in [-0.2, -0.15) is 0 Å². The molecule has 1 unspecified atom stereocenters. The molecule has 2 aliphatic rings. The maximum atomic E-state index is 12.6. The Kier molecular flexibility index (Phi) is 4.10. The van der Waals surface area contributed by atoms with Crippen molar-refractivity contribution in [2.75, 3.05) is 0 Å². The number of aliphatic hydroxyl groups excluding tert-OH is 1. The van der Waals surface area contributed by atoms with Gasteiger partial charge in [0.05, 0.1) is 24.2 Å². The molecular formula is C17H22N4O3. The van der Waals surface area contributed by atoms with Gasteiger partial charge in [-0.05, 0) is 31.6 Å². The minimum absolute atomic E-state index is 0.189. The minimum Gasteiger partial charge on any atom is -0.391 e. The van der Waals surface area contributed by atoms with Gasteiger partial charge in [0.2, 0.25) is 0 Å². The third kappa shape index (κ3) is 2.96. The number of aliphatic hydroxyl groups is 1. The van der Waals surface area contributed by atoms with Crippen LogP contribution in [-0.2, 0) is 6.54 Å². The molecule has 2 saturated carbocycles. The number of hydrogen-bond donors (Lipinski definition) is 2. The molecule has 128 valence electrons. The quantitative estimate of drug-likeness (QED) is 0.870. The Bertz CT molecular complexity index is 693. The fourth-order valence-electron chi connectivity index (χ4n) is 3.75. The van der Waals surface area contributed by atoms with Crippen molar-refractivity contribution < 1.29 is 14.4 Å². The molecule has 0 radical (unpaired) electrons. The Morgan fingerprint density at radius 1 is 1.42 bits per heavy atom. The van der Waals surface area contributed by atoms with Crippen LogP contribution in [0.25, 0.3) is 0 Å². The van der Waals surface area contributed by atoms with Crippen molar-refractivity contribution in [3.05, 3.63) is 36.2 Å². The van der Waals surface area contributed by atoms with Gasteiger partial charge in [-0.25, -0.2) is 4.98 Å².